The molecular weight excluding hydrogens is 211 g/mol. The third-order valence-electron chi connectivity index (χ3n) is 3.21. The molecule has 3 atom stereocenters. The Morgan fingerprint density at radius 1 is 1.18 bits per heavy atom. The maximum atomic E-state index is 4.19. The SMILES string of the molecule is [CH2-][C@H]1CC[C@@H]2CCC[CH-]C21.[Zr+2]. The van der Waals surface area contributed by atoms with Crippen LogP contribution in [0.15, 0.2) is 0 Å². The summed E-state index contributed by atoms with van der Waals surface area (Å²) < 4.78 is 0. The molecule has 2 fully saturated rings. The van der Waals surface area contributed by atoms with E-state index in [2.05, 4.69) is 13.3 Å². The first-order valence-electron chi connectivity index (χ1n) is 4.54. The van der Waals surface area contributed by atoms with Gasteiger partial charge in [0.05, 0.1) is 0 Å². The van der Waals surface area contributed by atoms with E-state index in [4.69, 9.17) is 0 Å². The summed E-state index contributed by atoms with van der Waals surface area (Å²) in [7, 11) is 0. The molecule has 2 saturated carbocycles. The summed E-state index contributed by atoms with van der Waals surface area (Å²) in [6.45, 7) is 4.19. The van der Waals surface area contributed by atoms with Crippen molar-refractivity contribution in [3.05, 3.63) is 13.3 Å². The van der Waals surface area contributed by atoms with Gasteiger partial charge in [-0.2, -0.15) is 18.3 Å². The number of rotatable bonds is 0. The maximum absolute atomic E-state index is 4.19. The summed E-state index contributed by atoms with van der Waals surface area (Å²) >= 11 is 0. The van der Waals surface area contributed by atoms with Crippen molar-refractivity contribution in [1.29, 1.82) is 0 Å². The zero-order valence-electron chi connectivity index (χ0n) is 7.05. The molecule has 0 aromatic carbocycles. The van der Waals surface area contributed by atoms with Crippen LogP contribution in [-0.4, -0.2) is 0 Å². The quantitative estimate of drug-likeness (QED) is 0.558. The van der Waals surface area contributed by atoms with Crippen LogP contribution in [0.25, 0.3) is 0 Å². The molecule has 0 N–H and O–H groups in total. The van der Waals surface area contributed by atoms with Crippen molar-refractivity contribution < 1.29 is 26.2 Å². The Hall–Kier alpha value is 0.883. The fourth-order valence-corrected chi connectivity index (χ4v) is 2.61. The van der Waals surface area contributed by atoms with Gasteiger partial charge in [-0.05, 0) is 0 Å². The molecule has 2 rings (SSSR count). The Kier molecular flexibility index (Phi) is 3.82. The first-order chi connectivity index (χ1) is 4.88. The van der Waals surface area contributed by atoms with Crippen LogP contribution in [0.4, 0.5) is 0 Å². The van der Waals surface area contributed by atoms with Crippen LogP contribution in [0.3, 0.4) is 0 Å². The second-order valence-electron chi connectivity index (χ2n) is 3.84. The van der Waals surface area contributed by atoms with Crippen LogP contribution < -0.4 is 0 Å². The van der Waals surface area contributed by atoms with Gasteiger partial charge in [0, 0.05) is 0 Å². The van der Waals surface area contributed by atoms with Gasteiger partial charge in [0.2, 0.25) is 0 Å². The molecule has 0 aromatic rings. The van der Waals surface area contributed by atoms with Crippen LogP contribution in [0.1, 0.15) is 32.1 Å². The molecule has 1 heteroatoms. The molecule has 0 aromatic heterocycles. The molecule has 0 bridgehead atoms. The van der Waals surface area contributed by atoms with E-state index >= 15 is 0 Å². The smallest absolute Gasteiger partial charge is 0.342 e. The molecule has 0 spiro atoms. The van der Waals surface area contributed by atoms with Crippen LogP contribution in [0.2, 0.25) is 0 Å². The third kappa shape index (κ3) is 1.97. The molecule has 0 heterocycles. The Labute approximate surface area is 89.3 Å². The molecule has 0 nitrogen and oxygen atoms in total. The summed E-state index contributed by atoms with van der Waals surface area (Å²) in [6, 6.07) is 0. The van der Waals surface area contributed by atoms with Crippen molar-refractivity contribution in [2.45, 2.75) is 32.1 Å². The predicted molar refractivity (Wildman–Crippen MR) is 43.2 cm³/mol. The Balaban J connectivity index is 0.000000605. The van der Waals surface area contributed by atoms with E-state index in [1.807, 2.05) is 0 Å². The topological polar surface area (TPSA) is 0 Å². The van der Waals surface area contributed by atoms with Crippen molar-refractivity contribution in [2.75, 3.05) is 0 Å². The van der Waals surface area contributed by atoms with Gasteiger partial charge in [0.25, 0.3) is 0 Å². The van der Waals surface area contributed by atoms with Crippen molar-refractivity contribution in [3.8, 4) is 0 Å². The fourth-order valence-electron chi connectivity index (χ4n) is 2.61. The largest absolute Gasteiger partial charge is 2.00 e. The van der Waals surface area contributed by atoms with E-state index < -0.39 is 0 Å². The monoisotopic (exact) mass is 226 g/mol. The minimum Gasteiger partial charge on any atom is -0.342 e. The van der Waals surface area contributed by atoms with Gasteiger partial charge in [0.1, 0.15) is 0 Å². The summed E-state index contributed by atoms with van der Waals surface area (Å²) in [5.74, 6) is 2.68. The molecule has 11 heavy (non-hydrogen) atoms. The fraction of sp³-hybridized carbons (Fsp3) is 0.800. The van der Waals surface area contributed by atoms with Crippen LogP contribution in [0, 0.1) is 31.1 Å². The molecule has 2 aliphatic carbocycles. The van der Waals surface area contributed by atoms with E-state index in [0.29, 0.717) is 0 Å². The molecule has 0 saturated heterocycles. The average molecular weight is 227 g/mol. The van der Waals surface area contributed by atoms with Gasteiger partial charge in [-0.3, -0.25) is 0 Å². The predicted octanol–water partition coefficient (Wildman–Crippen LogP) is 2.85. The van der Waals surface area contributed by atoms with Crippen LogP contribution in [0.5, 0.6) is 0 Å². The first kappa shape index (κ1) is 9.97. The summed E-state index contributed by atoms with van der Waals surface area (Å²) in [5.41, 5.74) is 0. The third-order valence-corrected chi connectivity index (χ3v) is 3.21. The Morgan fingerprint density at radius 2 is 2.00 bits per heavy atom. The zero-order valence-corrected chi connectivity index (χ0v) is 9.51. The number of hydrogen-bond donors (Lipinski definition) is 0. The van der Waals surface area contributed by atoms with Gasteiger partial charge >= 0.3 is 26.2 Å². The van der Waals surface area contributed by atoms with E-state index in [-0.39, 0.29) is 26.2 Å². The van der Waals surface area contributed by atoms with Gasteiger partial charge in [-0.1, -0.05) is 31.6 Å². The van der Waals surface area contributed by atoms with Crippen molar-refractivity contribution >= 4 is 0 Å². The van der Waals surface area contributed by atoms with E-state index in [0.717, 1.165) is 17.8 Å². The van der Waals surface area contributed by atoms with E-state index in [1.165, 1.54) is 32.1 Å². The Morgan fingerprint density at radius 3 is 2.73 bits per heavy atom. The molecule has 0 aliphatic heterocycles. The van der Waals surface area contributed by atoms with Crippen LogP contribution in [-0.2, 0) is 26.2 Å². The molecule has 1 unspecified atom stereocenters. The van der Waals surface area contributed by atoms with Crippen LogP contribution >= 0.6 is 0 Å². The maximum Gasteiger partial charge on any atom is 2.00 e. The standard InChI is InChI=1S/C10H16.Zr/c1-8-6-7-9-4-2-3-5-10(8)9;/h5,8-10H,1-4,6-7H2;/q-2;+2/t8-,9-,10?;/m0./s1. The van der Waals surface area contributed by atoms with Crippen molar-refractivity contribution in [1.82, 2.24) is 0 Å². The second kappa shape index (κ2) is 4.21. The van der Waals surface area contributed by atoms with Gasteiger partial charge < -0.3 is 13.3 Å². The zero-order chi connectivity index (χ0) is 6.97. The summed E-state index contributed by atoms with van der Waals surface area (Å²) in [5, 5.41) is 0. The van der Waals surface area contributed by atoms with Gasteiger partial charge in [-0.25, -0.2) is 0 Å². The molecule has 0 radical (unpaired) electrons. The Bertz CT molecular complexity index is 120. The van der Waals surface area contributed by atoms with Crippen molar-refractivity contribution in [3.63, 3.8) is 0 Å². The van der Waals surface area contributed by atoms with Gasteiger partial charge in [0.15, 0.2) is 0 Å². The second-order valence-corrected chi connectivity index (χ2v) is 3.84. The summed E-state index contributed by atoms with van der Waals surface area (Å²) in [6.07, 6.45) is 9.63. The minimum atomic E-state index is 0. The van der Waals surface area contributed by atoms with Crippen molar-refractivity contribution in [2.24, 2.45) is 17.8 Å². The normalized spacial score (nSPS) is 42.8. The molecular formula is C10H16Zr. The molecule has 0 amide bonds. The molecule has 2 aliphatic rings. The van der Waals surface area contributed by atoms with Gasteiger partial charge in [-0.15, -0.1) is 0 Å². The first-order valence-corrected chi connectivity index (χ1v) is 4.54. The average Bonchev–Trinajstić information content (AvgIpc) is 2.34. The minimum absolute atomic E-state index is 0. The number of fused-ring (bicyclic) bond motifs is 1. The van der Waals surface area contributed by atoms with E-state index in [9.17, 15) is 0 Å². The van der Waals surface area contributed by atoms with E-state index in [1.54, 1.807) is 0 Å². The molecule has 60 valence electrons. The summed E-state index contributed by atoms with van der Waals surface area (Å²) in [4.78, 5) is 0. The number of hydrogen-bond acceptors (Lipinski definition) is 0.